The summed E-state index contributed by atoms with van der Waals surface area (Å²) >= 11 is 6.13. The number of nitrogens with zero attached hydrogens (tertiary/aromatic N) is 1. The van der Waals surface area contributed by atoms with E-state index in [4.69, 9.17) is 11.6 Å². The number of fused-ring (bicyclic) bond motifs is 1. The number of halogens is 1. The Hall–Kier alpha value is -1.89. The number of aromatic nitrogens is 1. The number of hydrogen-bond donors (Lipinski definition) is 2. The summed E-state index contributed by atoms with van der Waals surface area (Å²) in [5, 5.41) is 11.0. The van der Waals surface area contributed by atoms with Crippen molar-refractivity contribution >= 4 is 32.5 Å². The first-order chi connectivity index (χ1) is 11.0. The monoisotopic (exact) mass is 350 g/mol. The molecule has 0 saturated heterocycles. The molecule has 1 aromatic carbocycles. The Balaban J connectivity index is 1.93. The Kier molecular flexibility index (Phi) is 4.39. The summed E-state index contributed by atoms with van der Waals surface area (Å²) in [7, 11) is -3.89. The lowest BCUT2D eigenvalue weighted by Gasteiger charge is -2.15. The number of phenolic OH excluding ortho intramolecular Hbond substituents is 1. The van der Waals surface area contributed by atoms with E-state index in [1.807, 2.05) is 24.3 Å². The van der Waals surface area contributed by atoms with Crippen LogP contribution >= 0.6 is 11.6 Å². The summed E-state index contributed by atoms with van der Waals surface area (Å²) < 4.78 is 27.5. The van der Waals surface area contributed by atoms with E-state index in [1.54, 1.807) is 12.1 Å². The van der Waals surface area contributed by atoms with Gasteiger partial charge in [-0.2, -0.15) is 0 Å². The maximum absolute atomic E-state index is 12.5. The molecule has 2 N–H and O–H groups in total. The minimum absolute atomic E-state index is 0.0889. The highest BCUT2D eigenvalue weighted by atomic mass is 35.5. The molecule has 1 aromatic heterocycles. The van der Waals surface area contributed by atoms with Gasteiger partial charge in [-0.25, -0.2) is 13.1 Å². The molecule has 23 heavy (non-hydrogen) atoms. The van der Waals surface area contributed by atoms with Crippen molar-refractivity contribution in [3.8, 4) is 5.75 Å². The molecule has 3 rings (SSSR count). The van der Waals surface area contributed by atoms with Gasteiger partial charge >= 0.3 is 0 Å². The molecule has 1 unspecified atom stereocenters. The van der Waals surface area contributed by atoms with Gasteiger partial charge in [0.1, 0.15) is 10.4 Å². The van der Waals surface area contributed by atoms with Crippen LogP contribution in [0.2, 0.25) is 5.02 Å². The standard InChI is InChI=1S/C16H15ClN2O3S/c17-13-9-14(16(20)15-12(13)7-4-8-18-15)23(21,22)19-10-11-5-2-1-3-6-11/h1-5,7-9,11,19-20H,6,10H2. The average Bonchev–Trinajstić information content (AvgIpc) is 2.57. The molecule has 5 nitrogen and oxygen atoms in total. The Morgan fingerprint density at radius 1 is 1.39 bits per heavy atom. The number of nitrogens with one attached hydrogen (secondary N) is 1. The SMILES string of the molecule is O=S(=O)(NCC1C=CC=CC1)c1cc(Cl)c2cccnc2c1O. The van der Waals surface area contributed by atoms with Crippen molar-refractivity contribution in [2.75, 3.05) is 6.54 Å². The van der Waals surface area contributed by atoms with Crippen molar-refractivity contribution < 1.29 is 13.5 Å². The number of phenols is 1. The topological polar surface area (TPSA) is 79.3 Å². The number of sulfonamides is 1. The predicted molar refractivity (Wildman–Crippen MR) is 90.0 cm³/mol. The fraction of sp³-hybridized carbons (Fsp3) is 0.188. The lowest BCUT2D eigenvalue weighted by Crippen LogP contribution is -2.29. The minimum Gasteiger partial charge on any atom is -0.504 e. The maximum atomic E-state index is 12.5. The van der Waals surface area contributed by atoms with Crippen molar-refractivity contribution in [3.05, 3.63) is 53.7 Å². The van der Waals surface area contributed by atoms with Crippen LogP contribution < -0.4 is 4.72 Å². The van der Waals surface area contributed by atoms with E-state index in [-0.39, 0.29) is 27.9 Å². The first-order valence-corrected chi connectivity index (χ1v) is 8.94. The van der Waals surface area contributed by atoms with E-state index in [9.17, 15) is 13.5 Å². The quantitative estimate of drug-likeness (QED) is 0.888. The number of aromatic hydroxyl groups is 1. The Morgan fingerprint density at radius 3 is 2.96 bits per heavy atom. The second-order valence-corrected chi connectivity index (χ2v) is 7.41. The third-order valence-corrected chi connectivity index (χ3v) is 5.42. The van der Waals surface area contributed by atoms with Crippen molar-refractivity contribution in [2.45, 2.75) is 11.3 Å². The highest BCUT2D eigenvalue weighted by Crippen LogP contribution is 2.35. The molecule has 0 amide bonds. The van der Waals surface area contributed by atoms with Crippen molar-refractivity contribution in [3.63, 3.8) is 0 Å². The van der Waals surface area contributed by atoms with E-state index < -0.39 is 15.8 Å². The largest absolute Gasteiger partial charge is 0.504 e. The third-order valence-electron chi connectivity index (χ3n) is 3.67. The molecule has 120 valence electrons. The average molecular weight is 351 g/mol. The third kappa shape index (κ3) is 3.24. The summed E-state index contributed by atoms with van der Waals surface area (Å²) in [6.45, 7) is 0.250. The first-order valence-electron chi connectivity index (χ1n) is 7.08. The van der Waals surface area contributed by atoms with E-state index in [0.29, 0.717) is 5.39 Å². The zero-order chi connectivity index (χ0) is 16.4. The zero-order valence-corrected chi connectivity index (χ0v) is 13.7. The fourth-order valence-corrected chi connectivity index (χ4v) is 3.99. The van der Waals surface area contributed by atoms with Crippen molar-refractivity contribution in [1.82, 2.24) is 9.71 Å². The maximum Gasteiger partial charge on any atom is 0.244 e. The van der Waals surface area contributed by atoms with E-state index in [1.165, 1.54) is 12.3 Å². The Labute approximate surface area is 139 Å². The lowest BCUT2D eigenvalue weighted by atomic mass is 10.0. The molecule has 0 saturated carbocycles. The van der Waals surface area contributed by atoms with Gasteiger partial charge in [-0.05, 0) is 30.5 Å². The van der Waals surface area contributed by atoms with Crippen molar-refractivity contribution in [2.24, 2.45) is 5.92 Å². The lowest BCUT2D eigenvalue weighted by molar-refractivity contribution is 0.462. The van der Waals surface area contributed by atoms with Gasteiger partial charge in [-0.3, -0.25) is 4.98 Å². The van der Waals surface area contributed by atoms with Crippen LogP contribution in [-0.4, -0.2) is 25.1 Å². The van der Waals surface area contributed by atoms with E-state index in [2.05, 4.69) is 9.71 Å². The molecule has 0 spiro atoms. The molecule has 0 radical (unpaired) electrons. The summed E-state index contributed by atoms with van der Waals surface area (Å²) in [6.07, 6.45) is 9.97. The van der Waals surface area contributed by atoms with Crippen LogP contribution in [0.5, 0.6) is 5.75 Å². The molecular weight excluding hydrogens is 336 g/mol. The van der Waals surface area contributed by atoms with E-state index in [0.717, 1.165) is 6.42 Å². The second-order valence-electron chi connectivity index (χ2n) is 5.27. The number of rotatable bonds is 4. The summed E-state index contributed by atoms with van der Waals surface area (Å²) in [5.74, 6) is -0.303. The molecule has 7 heteroatoms. The van der Waals surface area contributed by atoms with Crippen LogP contribution in [0.3, 0.4) is 0 Å². The second kappa shape index (κ2) is 6.31. The molecule has 0 fully saturated rings. The molecule has 1 heterocycles. The molecule has 1 aliphatic rings. The summed E-state index contributed by atoms with van der Waals surface area (Å²) in [4.78, 5) is 3.76. The first kappa shape index (κ1) is 16.0. The van der Waals surface area contributed by atoms with Gasteiger partial charge in [0, 0.05) is 18.1 Å². The normalized spacial score (nSPS) is 17.7. The van der Waals surface area contributed by atoms with Crippen molar-refractivity contribution in [1.29, 1.82) is 0 Å². The van der Waals surface area contributed by atoms with Gasteiger partial charge in [0.15, 0.2) is 5.75 Å². The highest BCUT2D eigenvalue weighted by molar-refractivity contribution is 7.89. The van der Waals surface area contributed by atoms with Crippen LogP contribution in [0, 0.1) is 5.92 Å². The van der Waals surface area contributed by atoms with Crippen LogP contribution in [0.1, 0.15) is 6.42 Å². The van der Waals surface area contributed by atoms with Crippen LogP contribution in [-0.2, 0) is 10.0 Å². The number of allylic oxidation sites excluding steroid dienone is 3. The predicted octanol–water partition coefficient (Wildman–Crippen LogP) is 3.00. The summed E-state index contributed by atoms with van der Waals surface area (Å²) in [6, 6.07) is 4.59. The number of pyridine rings is 1. The highest BCUT2D eigenvalue weighted by Gasteiger charge is 2.23. The summed E-state index contributed by atoms with van der Waals surface area (Å²) in [5.41, 5.74) is 0.167. The van der Waals surface area contributed by atoms with Gasteiger partial charge in [0.25, 0.3) is 0 Å². The Bertz CT molecular complexity index is 907. The van der Waals surface area contributed by atoms with Gasteiger partial charge in [0.2, 0.25) is 10.0 Å². The number of hydrogen-bond acceptors (Lipinski definition) is 4. The molecular formula is C16H15ClN2O3S. The molecule has 0 bridgehead atoms. The fourth-order valence-electron chi connectivity index (χ4n) is 2.45. The number of benzene rings is 1. The van der Waals surface area contributed by atoms with Crippen LogP contribution in [0.25, 0.3) is 10.9 Å². The zero-order valence-electron chi connectivity index (χ0n) is 12.1. The molecule has 2 aromatic rings. The van der Waals surface area contributed by atoms with E-state index >= 15 is 0 Å². The van der Waals surface area contributed by atoms with Gasteiger partial charge in [-0.15, -0.1) is 0 Å². The molecule has 1 aliphatic carbocycles. The van der Waals surface area contributed by atoms with Gasteiger partial charge in [0.05, 0.1) is 5.02 Å². The molecule has 0 aliphatic heterocycles. The Morgan fingerprint density at radius 2 is 2.22 bits per heavy atom. The smallest absolute Gasteiger partial charge is 0.244 e. The van der Waals surface area contributed by atoms with Gasteiger partial charge in [-0.1, -0.05) is 35.9 Å². The minimum atomic E-state index is -3.89. The molecule has 1 atom stereocenters. The van der Waals surface area contributed by atoms with Crippen LogP contribution in [0.15, 0.2) is 53.6 Å². The van der Waals surface area contributed by atoms with Gasteiger partial charge < -0.3 is 5.11 Å². The van der Waals surface area contributed by atoms with Crippen LogP contribution in [0.4, 0.5) is 0 Å².